The molecule has 16 heavy (non-hydrogen) atoms. The number of halogens is 2. The van der Waals surface area contributed by atoms with Gasteiger partial charge in [-0.1, -0.05) is 0 Å². The minimum atomic E-state index is -1.35. The summed E-state index contributed by atoms with van der Waals surface area (Å²) in [6.07, 6.45) is 0. The summed E-state index contributed by atoms with van der Waals surface area (Å²) in [4.78, 5) is 11.8. The van der Waals surface area contributed by atoms with Crippen LogP contribution < -0.4 is 0 Å². The normalized spacial score (nSPS) is 17.3. The Balaban J connectivity index is 2.41. The molecule has 82 valence electrons. The van der Waals surface area contributed by atoms with E-state index < -0.39 is 28.4 Å². The van der Waals surface area contributed by atoms with Crippen molar-refractivity contribution in [3.8, 4) is 6.07 Å². The molecule has 1 aliphatic heterocycles. The number of ether oxygens (including phenoxy) is 1. The maximum Gasteiger partial charge on any atom is 0.190 e. The summed E-state index contributed by atoms with van der Waals surface area (Å²) in [5.41, 5.74) is -1.75. The first-order chi connectivity index (χ1) is 7.59. The summed E-state index contributed by atoms with van der Waals surface area (Å²) in [5.74, 6) is -2.26. The lowest BCUT2D eigenvalue weighted by molar-refractivity contribution is -0.0567. The standard InChI is InChI=1S/C11H7F2NO2/c12-7-1-2-9(13)8(3-7)10(15)11(4-14)5-16-6-11/h1-3H,5-6H2. The van der Waals surface area contributed by atoms with Gasteiger partial charge in [0.2, 0.25) is 0 Å². The Hall–Kier alpha value is -1.80. The lowest BCUT2D eigenvalue weighted by atomic mass is 9.80. The van der Waals surface area contributed by atoms with Gasteiger partial charge in [0.1, 0.15) is 11.6 Å². The minimum absolute atomic E-state index is 0.0711. The van der Waals surface area contributed by atoms with Gasteiger partial charge < -0.3 is 4.74 Å². The number of Topliss-reactive ketones (excluding diaryl/α,β-unsaturated/α-hetero) is 1. The second kappa shape index (κ2) is 3.65. The lowest BCUT2D eigenvalue weighted by Crippen LogP contribution is -2.48. The summed E-state index contributed by atoms with van der Waals surface area (Å²) in [6, 6.07) is 4.38. The Kier molecular flexibility index (Phi) is 2.44. The zero-order valence-corrected chi connectivity index (χ0v) is 8.17. The van der Waals surface area contributed by atoms with E-state index in [-0.39, 0.29) is 13.2 Å². The van der Waals surface area contributed by atoms with Crippen LogP contribution in [0, 0.1) is 28.4 Å². The van der Waals surface area contributed by atoms with Crippen molar-refractivity contribution in [2.75, 3.05) is 13.2 Å². The molecule has 3 nitrogen and oxygen atoms in total. The third kappa shape index (κ3) is 1.48. The first-order valence-corrected chi connectivity index (χ1v) is 4.58. The van der Waals surface area contributed by atoms with Crippen LogP contribution >= 0.6 is 0 Å². The number of hydrogen-bond acceptors (Lipinski definition) is 3. The number of carbonyl (C=O) groups is 1. The Morgan fingerprint density at radius 1 is 1.44 bits per heavy atom. The minimum Gasteiger partial charge on any atom is -0.377 e. The van der Waals surface area contributed by atoms with Gasteiger partial charge in [0.05, 0.1) is 24.8 Å². The maximum atomic E-state index is 13.3. The average molecular weight is 223 g/mol. The number of nitrogens with zero attached hydrogens (tertiary/aromatic N) is 1. The predicted octanol–water partition coefficient (Wildman–Crippen LogP) is 1.69. The molecule has 0 aliphatic carbocycles. The molecule has 0 bridgehead atoms. The molecule has 0 unspecified atom stereocenters. The molecule has 5 heteroatoms. The van der Waals surface area contributed by atoms with Gasteiger partial charge in [-0.25, -0.2) is 8.78 Å². The Morgan fingerprint density at radius 3 is 2.62 bits per heavy atom. The SMILES string of the molecule is N#CC1(C(=O)c2cc(F)ccc2F)COC1. The van der Waals surface area contributed by atoms with Crippen LogP contribution in [0.25, 0.3) is 0 Å². The molecule has 0 spiro atoms. The van der Waals surface area contributed by atoms with Crippen molar-refractivity contribution in [1.82, 2.24) is 0 Å². The first-order valence-electron chi connectivity index (χ1n) is 4.58. The number of carbonyl (C=O) groups excluding carboxylic acids is 1. The molecule has 0 aromatic heterocycles. The summed E-state index contributed by atoms with van der Waals surface area (Å²) in [7, 11) is 0. The highest BCUT2D eigenvalue weighted by Crippen LogP contribution is 2.31. The molecular weight excluding hydrogens is 216 g/mol. The van der Waals surface area contributed by atoms with Gasteiger partial charge in [-0.05, 0) is 18.2 Å². The van der Waals surface area contributed by atoms with Gasteiger partial charge in [0, 0.05) is 0 Å². The molecule has 1 saturated heterocycles. The van der Waals surface area contributed by atoms with Crippen molar-refractivity contribution in [3.63, 3.8) is 0 Å². The fraction of sp³-hybridized carbons (Fsp3) is 0.273. The summed E-state index contributed by atoms with van der Waals surface area (Å²) in [6.45, 7) is -0.142. The number of nitriles is 1. The summed E-state index contributed by atoms with van der Waals surface area (Å²) in [5, 5.41) is 8.86. The lowest BCUT2D eigenvalue weighted by Gasteiger charge is -2.33. The number of ketones is 1. The van der Waals surface area contributed by atoms with Crippen molar-refractivity contribution in [3.05, 3.63) is 35.4 Å². The average Bonchev–Trinajstić information content (AvgIpc) is 2.21. The smallest absolute Gasteiger partial charge is 0.190 e. The van der Waals surface area contributed by atoms with E-state index in [0.29, 0.717) is 0 Å². The van der Waals surface area contributed by atoms with Crippen LogP contribution in [0.1, 0.15) is 10.4 Å². The second-order valence-electron chi connectivity index (χ2n) is 3.64. The number of benzene rings is 1. The topological polar surface area (TPSA) is 50.1 Å². The van der Waals surface area contributed by atoms with E-state index in [0.717, 1.165) is 18.2 Å². The fourth-order valence-corrected chi connectivity index (χ4v) is 1.48. The molecule has 1 heterocycles. The number of hydrogen-bond donors (Lipinski definition) is 0. The van der Waals surface area contributed by atoms with Crippen molar-refractivity contribution >= 4 is 5.78 Å². The molecule has 1 aliphatic rings. The van der Waals surface area contributed by atoms with Crippen LogP contribution in [0.2, 0.25) is 0 Å². The zero-order valence-electron chi connectivity index (χ0n) is 8.17. The van der Waals surface area contributed by atoms with Crippen LogP contribution in [0.4, 0.5) is 8.78 Å². The van der Waals surface area contributed by atoms with Crippen molar-refractivity contribution < 1.29 is 18.3 Å². The molecule has 1 fully saturated rings. The fourth-order valence-electron chi connectivity index (χ4n) is 1.48. The second-order valence-corrected chi connectivity index (χ2v) is 3.64. The summed E-state index contributed by atoms with van der Waals surface area (Å²) < 4.78 is 31.0. The molecule has 1 aromatic rings. The van der Waals surface area contributed by atoms with Crippen molar-refractivity contribution in [1.29, 1.82) is 5.26 Å². The van der Waals surface area contributed by atoms with Crippen LogP contribution in [-0.4, -0.2) is 19.0 Å². The van der Waals surface area contributed by atoms with E-state index in [1.807, 2.05) is 0 Å². The van der Waals surface area contributed by atoms with E-state index >= 15 is 0 Å². The van der Waals surface area contributed by atoms with Crippen LogP contribution in [0.3, 0.4) is 0 Å². The monoisotopic (exact) mass is 223 g/mol. The molecule has 2 rings (SSSR count). The van der Waals surface area contributed by atoms with Crippen LogP contribution in [0.5, 0.6) is 0 Å². The molecule has 0 saturated carbocycles. The summed E-state index contributed by atoms with van der Waals surface area (Å²) >= 11 is 0. The molecule has 0 radical (unpaired) electrons. The Labute approximate surface area is 90.2 Å². The van der Waals surface area contributed by atoms with Crippen LogP contribution in [-0.2, 0) is 4.74 Å². The maximum absolute atomic E-state index is 13.3. The van der Waals surface area contributed by atoms with Crippen LogP contribution in [0.15, 0.2) is 18.2 Å². The first kappa shape index (κ1) is 10.7. The van der Waals surface area contributed by atoms with Gasteiger partial charge in [0.15, 0.2) is 11.2 Å². The molecule has 0 amide bonds. The van der Waals surface area contributed by atoms with E-state index in [1.54, 1.807) is 6.07 Å². The molecular formula is C11H7F2NO2. The van der Waals surface area contributed by atoms with E-state index in [2.05, 4.69) is 0 Å². The number of rotatable bonds is 2. The highest BCUT2D eigenvalue weighted by Gasteiger charge is 2.47. The van der Waals surface area contributed by atoms with Crippen molar-refractivity contribution in [2.45, 2.75) is 0 Å². The van der Waals surface area contributed by atoms with Gasteiger partial charge in [-0.15, -0.1) is 0 Å². The van der Waals surface area contributed by atoms with E-state index in [1.165, 1.54) is 0 Å². The van der Waals surface area contributed by atoms with Gasteiger partial charge in [-0.2, -0.15) is 5.26 Å². The van der Waals surface area contributed by atoms with Gasteiger partial charge >= 0.3 is 0 Å². The molecule has 1 aromatic carbocycles. The quantitative estimate of drug-likeness (QED) is 0.717. The third-order valence-electron chi connectivity index (χ3n) is 2.52. The third-order valence-corrected chi connectivity index (χ3v) is 2.52. The Bertz CT molecular complexity index is 489. The molecule has 0 atom stereocenters. The zero-order chi connectivity index (χ0) is 11.8. The van der Waals surface area contributed by atoms with Crippen molar-refractivity contribution in [2.24, 2.45) is 5.41 Å². The molecule has 0 N–H and O–H groups in total. The Morgan fingerprint density at radius 2 is 2.12 bits per heavy atom. The van der Waals surface area contributed by atoms with Gasteiger partial charge in [-0.3, -0.25) is 4.79 Å². The van der Waals surface area contributed by atoms with E-state index in [9.17, 15) is 13.6 Å². The predicted molar refractivity (Wildman–Crippen MR) is 49.6 cm³/mol. The highest BCUT2D eigenvalue weighted by molar-refractivity contribution is 6.03. The highest BCUT2D eigenvalue weighted by atomic mass is 19.1. The van der Waals surface area contributed by atoms with Gasteiger partial charge in [0.25, 0.3) is 0 Å². The largest absolute Gasteiger partial charge is 0.377 e. The van der Waals surface area contributed by atoms with E-state index in [4.69, 9.17) is 10.00 Å².